The molecule has 4 rings (SSSR count). The van der Waals surface area contributed by atoms with Gasteiger partial charge in [0.05, 0.1) is 10.2 Å². The molecule has 0 amide bonds. The number of aromatic nitrogens is 1. The summed E-state index contributed by atoms with van der Waals surface area (Å²) in [6.45, 7) is 5.89. The molecule has 112 valence electrons. The average molecular weight is 302 g/mol. The number of thiazole rings is 1. The fourth-order valence-electron chi connectivity index (χ4n) is 3.67. The highest BCUT2D eigenvalue weighted by atomic mass is 32.1. The highest BCUT2D eigenvalue weighted by molar-refractivity contribution is 7.22. The zero-order chi connectivity index (χ0) is 14.4. The summed E-state index contributed by atoms with van der Waals surface area (Å²) in [7, 11) is 0. The molecule has 2 atom stereocenters. The standard InChI is InChI=1S/C16H22N4S/c1-11-9-19-7-3-2-4-13(19)10-20(11)16-18-14-6-5-12(17)8-15(14)21-16/h5-6,8,11,13H,2-4,7,9-10,17H2,1H3. The number of nitrogens with zero attached hydrogens (tertiary/aromatic N) is 3. The summed E-state index contributed by atoms with van der Waals surface area (Å²) in [5.41, 5.74) is 7.78. The van der Waals surface area contributed by atoms with Crippen LogP contribution in [0.25, 0.3) is 10.2 Å². The van der Waals surface area contributed by atoms with Crippen LogP contribution in [0.5, 0.6) is 0 Å². The van der Waals surface area contributed by atoms with Gasteiger partial charge in [-0.05, 0) is 44.5 Å². The lowest BCUT2D eigenvalue weighted by Gasteiger charge is -2.47. The van der Waals surface area contributed by atoms with E-state index in [-0.39, 0.29) is 0 Å². The Morgan fingerprint density at radius 1 is 1.29 bits per heavy atom. The molecular weight excluding hydrogens is 280 g/mol. The highest BCUT2D eigenvalue weighted by Crippen LogP contribution is 2.34. The fourth-order valence-corrected chi connectivity index (χ4v) is 4.80. The molecular formula is C16H22N4S. The first-order chi connectivity index (χ1) is 10.2. The van der Waals surface area contributed by atoms with Gasteiger partial charge in [0, 0.05) is 30.9 Å². The number of anilines is 2. The van der Waals surface area contributed by atoms with Gasteiger partial charge in [-0.2, -0.15) is 0 Å². The number of hydrogen-bond acceptors (Lipinski definition) is 5. The van der Waals surface area contributed by atoms with Crippen molar-refractivity contribution in [1.82, 2.24) is 9.88 Å². The van der Waals surface area contributed by atoms with E-state index in [4.69, 9.17) is 10.7 Å². The van der Waals surface area contributed by atoms with Gasteiger partial charge in [0.2, 0.25) is 0 Å². The Morgan fingerprint density at radius 2 is 2.19 bits per heavy atom. The highest BCUT2D eigenvalue weighted by Gasteiger charge is 2.34. The number of nitrogen functional groups attached to an aromatic ring is 1. The van der Waals surface area contributed by atoms with Crippen molar-refractivity contribution in [2.75, 3.05) is 30.3 Å². The first-order valence-corrected chi connectivity index (χ1v) is 8.69. The monoisotopic (exact) mass is 302 g/mol. The summed E-state index contributed by atoms with van der Waals surface area (Å²) >= 11 is 1.78. The number of fused-ring (bicyclic) bond motifs is 2. The largest absolute Gasteiger partial charge is 0.399 e. The zero-order valence-corrected chi connectivity index (χ0v) is 13.3. The van der Waals surface area contributed by atoms with Crippen molar-refractivity contribution in [1.29, 1.82) is 0 Å². The van der Waals surface area contributed by atoms with Gasteiger partial charge in [0.25, 0.3) is 0 Å². The third-order valence-electron chi connectivity index (χ3n) is 4.83. The molecule has 3 heterocycles. The molecule has 0 aliphatic carbocycles. The van der Waals surface area contributed by atoms with Gasteiger partial charge in [0.1, 0.15) is 0 Å². The zero-order valence-electron chi connectivity index (χ0n) is 12.5. The Bertz CT molecular complexity index is 653. The number of rotatable bonds is 1. The molecule has 2 N–H and O–H groups in total. The van der Waals surface area contributed by atoms with Crippen molar-refractivity contribution < 1.29 is 0 Å². The molecule has 2 unspecified atom stereocenters. The first-order valence-electron chi connectivity index (χ1n) is 7.87. The maximum Gasteiger partial charge on any atom is 0.186 e. The number of hydrogen-bond donors (Lipinski definition) is 1. The molecule has 2 aliphatic rings. The summed E-state index contributed by atoms with van der Waals surface area (Å²) in [5, 5.41) is 1.16. The topological polar surface area (TPSA) is 45.4 Å². The number of piperazine rings is 1. The van der Waals surface area contributed by atoms with E-state index >= 15 is 0 Å². The molecule has 5 heteroatoms. The van der Waals surface area contributed by atoms with E-state index in [2.05, 4.69) is 16.7 Å². The second kappa shape index (κ2) is 5.14. The predicted molar refractivity (Wildman–Crippen MR) is 90.1 cm³/mol. The van der Waals surface area contributed by atoms with Gasteiger partial charge in [-0.3, -0.25) is 4.90 Å². The SMILES string of the molecule is CC1CN2CCCCC2CN1c1nc2ccc(N)cc2s1. The lowest BCUT2D eigenvalue weighted by molar-refractivity contribution is 0.115. The van der Waals surface area contributed by atoms with Crippen LogP contribution in [0.4, 0.5) is 10.8 Å². The third-order valence-corrected chi connectivity index (χ3v) is 5.89. The summed E-state index contributed by atoms with van der Waals surface area (Å²) in [5.74, 6) is 0. The molecule has 21 heavy (non-hydrogen) atoms. The number of benzene rings is 1. The van der Waals surface area contributed by atoms with E-state index in [0.29, 0.717) is 12.1 Å². The normalized spacial score (nSPS) is 27.0. The predicted octanol–water partition coefficient (Wildman–Crippen LogP) is 2.94. The van der Waals surface area contributed by atoms with Crippen molar-refractivity contribution in [3.05, 3.63) is 18.2 Å². The van der Waals surface area contributed by atoms with Crippen molar-refractivity contribution in [3.63, 3.8) is 0 Å². The van der Waals surface area contributed by atoms with Crippen LogP contribution < -0.4 is 10.6 Å². The molecule has 0 spiro atoms. The maximum absolute atomic E-state index is 5.88. The van der Waals surface area contributed by atoms with Crippen molar-refractivity contribution in [3.8, 4) is 0 Å². The maximum atomic E-state index is 5.88. The van der Waals surface area contributed by atoms with Gasteiger partial charge in [-0.1, -0.05) is 17.8 Å². The Balaban J connectivity index is 1.64. The van der Waals surface area contributed by atoms with Crippen LogP contribution in [0.3, 0.4) is 0 Å². The molecule has 0 bridgehead atoms. The first kappa shape index (κ1) is 13.3. The van der Waals surface area contributed by atoms with E-state index < -0.39 is 0 Å². The summed E-state index contributed by atoms with van der Waals surface area (Å²) in [4.78, 5) is 10.0. The summed E-state index contributed by atoms with van der Waals surface area (Å²) < 4.78 is 1.20. The van der Waals surface area contributed by atoms with E-state index in [1.165, 1.54) is 37.1 Å². The van der Waals surface area contributed by atoms with Crippen LogP contribution >= 0.6 is 11.3 Å². The quantitative estimate of drug-likeness (QED) is 0.823. The van der Waals surface area contributed by atoms with Crippen molar-refractivity contribution >= 4 is 32.4 Å². The smallest absolute Gasteiger partial charge is 0.186 e. The second-order valence-electron chi connectivity index (χ2n) is 6.37. The molecule has 2 aliphatic heterocycles. The minimum atomic E-state index is 0.539. The molecule has 1 aromatic carbocycles. The molecule has 4 nitrogen and oxygen atoms in total. The van der Waals surface area contributed by atoms with E-state index in [0.717, 1.165) is 22.9 Å². The number of piperidine rings is 1. The Labute approximate surface area is 129 Å². The van der Waals surface area contributed by atoms with E-state index in [9.17, 15) is 0 Å². The summed E-state index contributed by atoms with van der Waals surface area (Å²) in [6.07, 6.45) is 4.07. The van der Waals surface area contributed by atoms with Gasteiger partial charge >= 0.3 is 0 Å². The fraction of sp³-hybridized carbons (Fsp3) is 0.562. The number of nitrogens with two attached hydrogens (primary N) is 1. The molecule has 0 saturated carbocycles. The van der Waals surface area contributed by atoms with E-state index in [1.54, 1.807) is 11.3 Å². The minimum absolute atomic E-state index is 0.539. The van der Waals surface area contributed by atoms with Gasteiger partial charge in [-0.15, -0.1) is 0 Å². The van der Waals surface area contributed by atoms with Gasteiger partial charge < -0.3 is 10.6 Å². The Kier molecular flexibility index (Phi) is 3.27. The molecule has 0 radical (unpaired) electrons. The Hall–Kier alpha value is -1.33. The van der Waals surface area contributed by atoms with Gasteiger partial charge in [0.15, 0.2) is 5.13 Å². The van der Waals surface area contributed by atoms with E-state index in [1.807, 2.05) is 18.2 Å². The van der Waals surface area contributed by atoms with Crippen LogP contribution in [0.2, 0.25) is 0 Å². The molecule has 2 fully saturated rings. The molecule has 2 aromatic rings. The van der Waals surface area contributed by atoms with Crippen LogP contribution in [-0.2, 0) is 0 Å². The van der Waals surface area contributed by atoms with Crippen LogP contribution in [0.15, 0.2) is 18.2 Å². The van der Waals surface area contributed by atoms with Crippen molar-refractivity contribution in [2.45, 2.75) is 38.3 Å². The van der Waals surface area contributed by atoms with Crippen LogP contribution in [-0.4, -0.2) is 41.6 Å². The van der Waals surface area contributed by atoms with Crippen LogP contribution in [0, 0.1) is 0 Å². The minimum Gasteiger partial charge on any atom is -0.399 e. The molecule has 2 saturated heterocycles. The van der Waals surface area contributed by atoms with Crippen molar-refractivity contribution in [2.24, 2.45) is 0 Å². The third kappa shape index (κ3) is 2.38. The molecule has 1 aromatic heterocycles. The average Bonchev–Trinajstić information content (AvgIpc) is 2.89. The lowest BCUT2D eigenvalue weighted by Crippen LogP contribution is -2.58. The second-order valence-corrected chi connectivity index (χ2v) is 7.38. The Morgan fingerprint density at radius 3 is 3.10 bits per heavy atom. The van der Waals surface area contributed by atoms with Gasteiger partial charge in [-0.25, -0.2) is 4.98 Å². The summed E-state index contributed by atoms with van der Waals surface area (Å²) in [6, 6.07) is 7.27. The van der Waals surface area contributed by atoms with Crippen LogP contribution in [0.1, 0.15) is 26.2 Å². The lowest BCUT2D eigenvalue weighted by atomic mass is 9.97.